The number of hydrogen-bond acceptors (Lipinski definition) is 7. The number of carbonyl (C=O) groups excluding carboxylic acids is 1. The molecule has 2 aromatic heterocycles. The van der Waals surface area contributed by atoms with Crippen molar-refractivity contribution in [3.63, 3.8) is 0 Å². The first-order valence-electron chi connectivity index (χ1n) is 10.2. The molecule has 3 heterocycles. The summed E-state index contributed by atoms with van der Waals surface area (Å²) in [4.78, 5) is 17.9. The third kappa shape index (κ3) is 3.80. The molecule has 32 heavy (non-hydrogen) atoms. The van der Waals surface area contributed by atoms with Gasteiger partial charge < -0.3 is 23.8 Å². The van der Waals surface area contributed by atoms with Gasteiger partial charge in [-0.2, -0.15) is 0 Å². The van der Waals surface area contributed by atoms with Crippen LogP contribution in [0.1, 0.15) is 11.1 Å². The molecule has 164 valence electrons. The van der Waals surface area contributed by atoms with Crippen molar-refractivity contribution >= 4 is 28.6 Å². The fourth-order valence-corrected chi connectivity index (χ4v) is 4.60. The van der Waals surface area contributed by atoms with E-state index in [0.29, 0.717) is 35.7 Å². The zero-order valence-corrected chi connectivity index (χ0v) is 18.6. The van der Waals surface area contributed by atoms with Crippen LogP contribution in [0.5, 0.6) is 11.5 Å². The lowest BCUT2D eigenvalue weighted by molar-refractivity contribution is -0.129. The molecule has 0 bridgehead atoms. The number of nitrogens with zero attached hydrogens (tertiary/aromatic N) is 3. The Morgan fingerprint density at radius 1 is 1.16 bits per heavy atom. The van der Waals surface area contributed by atoms with Crippen molar-refractivity contribution in [2.24, 2.45) is 0 Å². The Morgan fingerprint density at radius 2 is 1.94 bits per heavy atom. The fraction of sp³-hybridized carbons (Fsp3) is 0.261. The minimum absolute atomic E-state index is 0.0299. The molecule has 2 aromatic carbocycles. The second kappa shape index (κ2) is 8.58. The number of rotatable bonds is 6. The molecule has 0 unspecified atom stereocenters. The average Bonchev–Trinajstić information content (AvgIpc) is 3.48. The lowest BCUT2D eigenvalue weighted by atomic mass is 9.99. The minimum atomic E-state index is 0.0299. The van der Waals surface area contributed by atoms with Gasteiger partial charge in [0.05, 0.1) is 25.5 Å². The van der Waals surface area contributed by atoms with E-state index in [1.165, 1.54) is 17.3 Å². The van der Waals surface area contributed by atoms with E-state index in [9.17, 15) is 4.79 Å². The maximum atomic E-state index is 12.8. The Bertz CT molecular complexity index is 1280. The minimum Gasteiger partial charge on any atom is -0.493 e. The average molecular weight is 451 g/mol. The number of carbonyl (C=O) groups is 1. The first-order chi connectivity index (χ1) is 15.7. The molecule has 8 nitrogen and oxygen atoms in total. The Kier molecular flexibility index (Phi) is 5.48. The Labute approximate surface area is 188 Å². The zero-order chi connectivity index (χ0) is 22.1. The lowest BCUT2D eigenvalue weighted by Crippen LogP contribution is -2.37. The molecule has 0 radical (unpaired) electrons. The van der Waals surface area contributed by atoms with Crippen molar-refractivity contribution in [1.82, 2.24) is 20.1 Å². The molecule has 4 aromatic rings. The summed E-state index contributed by atoms with van der Waals surface area (Å²) in [6, 6.07) is 11.9. The number of H-pyrrole nitrogens is 1. The van der Waals surface area contributed by atoms with Gasteiger partial charge in [0.25, 0.3) is 11.1 Å². The smallest absolute Gasteiger partial charge is 0.277 e. The van der Waals surface area contributed by atoms with E-state index in [0.717, 1.165) is 28.5 Å². The monoisotopic (exact) mass is 450 g/mol. The molecule has 1 aliphatic rings. The number of nitrogens with one attached hydrogen (secondary N) is 1. The predicted octanol–water partition coefficient (Wildman–Crippen LogP) is 3.91. The quantitative estimate of drug-likeness (QED) is 0.445. The second-order valence-electron chi connectivity index (χ2n) is 7.45. The lowest BCUT2D eigenvalue weighted by Gasteiger charge is -2.29. The highest BCUT2D eigenvalue weighted by Gasteiger charge is 2.23. The Balaban J connectivity index is 1.24. The van der Waals surface area contributed by atoms with Crippen LogP contribution in [-0.4, -0.2) is 52.5 Å². The second-order valence-corrected chi connectivity index (χ2v) is 8.38. The SMILES string of the molecule is COc1cc2c(cc1OC)CN(C(=O)CSc1nnc(-c3c[nH]c4ccccc34)o1)CC2. The summed E-state index contributed by atoms with van der Waals surface area (Å²) in [5.41, 5.74) is 4.11. The summed E-state index contributed by atoms with van der Waals surface area (Å²) in [7, 11) is 3.24. The molecule has 0 fully saturated rings. The molecule has 0 aliphatic carbocycles. The molecule has 1 amide bonds. The number of hydrogen-bond donors (Lipinski definition) is 1. The van der Waals surface area contributed by atoms with Gasteiger partial charge in [-0.15, -0.1) is 10.2 Å². The van der Waals surface area contributed by atoms with Gasteiger partial charge in [-0.25, -0.2) is 0 Å². The summed E-state index contributed by atoms with van der Waals surface area (Å²) >= 11 is 1.25. The molecule has 0 spiro atoms. The van der Waals surface area contributed by atoms with E-state index >= 15 is 0 Å². The molecule has 0 atom stereocenters. The van der Waals surface area contributed by atoms with Crippen molar-refractivity contribution in [2.45, 2.75) is 18.2 Å². The molecular formula is C23H22N4O4S. The molecule has 5 rings (SSSR count). The van der Waals surface area contributed by atoms with Crippen molar-refractivity contribution in [1.29, 1.82) is 0 Å². The van der Waals surface area contributed by atoms with Crippen LogP contribution in [0.15, 0.2) is 52.2 Å². The largest absolute Gasteiger partial charge is 0.493 e. The molecule has 1 aliphatic heterocycles. The topological polar surface area (TPSA) is 93.5 Å². The molecule has 1 N–H and O–H groups in total. The van der Waals surface area contributed by atoms with E-state index in [-0.39, 0.29) is 11.7 Å². The maximum absolute atomic E-state index is 12.8. The molecule has 0 saturated carbocycles. The van der Waals surface area contributed by atoms with Crippen LogP contribution < -0.4 is 9.47 Å². The number of fused-ring (bicyclic) bond motifs is 2. The van der Waals surface area contributed by atoms with Crippen LogP contribution in [0.2, 0.25) is 0 Å². The number of ether oxygens (including phenoxy) is 2. The summed E-state index contributed by atoms with van der Waals surface area (Å²) in [6.07, 6.45) is 2.63. The van der Waals surface area contributed by atoms with Gasteiger partial charge in [0.1, 0.15) is 0 Å². The van der Waals surface area contributed by atoms with Gasteiger partial charge in [0.15, 0.2) is 11.5 Å². The molecule has 9 heteroatoms. The number of methoxy groups -OCH3 is 2. The van der Waals surface area contributed by atoms with Gasteiger partial charge in [-0.3, -0.25) is 4.79 Å². The molecule has 0 saturated heterocycles. The van der Waals surface area contributed by atoms with E-state index in [1.54, 1.807) is 14.2 Å². The van der Waals surface area contributed by atoms with Gasteiger partial charge in [0.2, 0.25) is 5.91 Å². The van der Waals surface area contributed by atoms with Crippen LogP contribution in [0.3, 0.4) is 0 Å². The number of aromatic amines is 1. The van der Waals surface area contributed by atoms with Crippen molar-refractivity contribution < 1.29 is 18.7 Å². The van der Waals surface area contributed by atoms with Gasteiger partial charge in [0, 0.05) is 30.2 Å². The normalized spacial score (nSPS) is 13.2. The highest BCUT2D eigenvalue weighted by Crippen LogP contribution is 2.34. The number of benzene rings is 2. The summed E-state index contributed by atoms with van der Waals surface area (Å²) in [5.74, 6) is 2.08. The summed E-state index contributed by atoms with van der Waals surface area (Å²) in [5, 5.41) is 9.66. The number of aromatic nitrogens is 3. The number of thioether (sulfide) groups is 1. The van der Waals surface area contributed by atoms with Gasteiger partial charge >= 0.3 is 0 Å². The third-order valence-corrected chi connectivity index (χ3v) is 6.42. The fourth-order valence-electron chi connectivity index (χ4n) is 3.94. The maximum Gasteiger partial charge on any atom is 0.277 e. The van der Waals surface area contributed by atoms with Crippen LogP contribution in [0.4, 0.5) is 0 Å². The Morgan fingerprint density at radius 3 is 2.75 bits per heavy atom. The van der Waals surface area contributed by atoms with E-state index in [2.05, 4.69) is 15.2 Å². The van der Waals surface area contributed by atoms with Crippen LogP contribution in [0, 0.1) is 0 Å². The van der Waals surface area contributed by atoms with E-state index < -0.39 is 0 Å². The van der Waals surface area contributed by atoms with Crippen molar-refractivity contribution in [2.75, 3.05) is 26.5 Å². The van der Waals surface area contributed by atoms with Crippen molar-refractivity contribution in [3.8, 4) is 23.0 Å². The standard InChI is InChI=1S/C23H22N4O4S/c1-29-19-9-14-7-8-27(12-15(14)10-20(19)30-2)21(28)13-32-23-26-25-22(31-23)17-11-24-18-6-4-3-5-16(17)18/h3-6,9-11,24H,7-8,12-13H2,1-2H3. The Hall–Kier alpha value is -3.46. The molecular weight excluding hydrogens is 428 g/mol. The highest BCUT2D eigenvalue weighted by molar-refractivity contribution is 7.99. The zero-order valence-electron chi connectivity index (χ0n) is 17.8. The van der Waals surface area contributed by atoms with Crippen LogP contribution in [0.25, 0.3) is 22.4 Å². The first-order valence-corrected chi connectivity index (χ1v) is 11.2. The van der Waals surface area contributed by atoms with Crippen LogP contribution in [-0.2, 0) is 17.8 Å². The first kappa shape index (κ1) is 20.4. The van der Waals surface area contributed by atoms with Crippen molar-refractivity contribution in [3.05, 3.63) is 53.7 Å². The van der Waals surface area contributed by atoms with E-state index in [4.69, 9.17) is 13.9 Å². The van der Waals surface area contributed by atoms with Crippen LogP contribution >= 0.6 is 11.8 Å². The highest BCUT2D eigenvalue weighted by atomic mass is 32.2. The third-order valence-electron chi connectivity index (χ3n) is 5.62. The summed E-state index contributed by atoms with van der Waals surface area (Å²) < 4.78 is 16.6. The van der Waals surface area contributed by atoms with Gasteiger partial charge in [-0.05, 0) is 35.7 Å². The van der Waals surface area contributed by atoms with Gasteiger partial charge in [-0.1, -0.05) is 30.0 Å². The number of amides is 1. The predicted molar refractivity (Wildman–Crippen MR) is 121 cm³/mol. The summed E-state index contributed by atoms with van der Waals surface area (Å²) in [6.45, 7) is 1.20. The van der Waals surface area contributed by atoms with E-state index in [1.807, 2.05) is 47.5 Å². The number of para-hydroxylation sites is 1.